The van der Waals surface area contributed by atoms with E-state index in [4.69, 9.17) is 0 Å². The number of unbranched alkanes of at least 4 members (excludes halogenated alkanes) is 9. The van der Waals surface area contributed by atoms with E-state index in [0.717, 1.165) is 116 Å². The Hall–Kier alpha value is -5.32. The molecule has 6 aromatic rings. The largest absolute Gasteiger partial charge is 0.377 e. The molecule has 0 aliphatic rings. The van der Waals surface area contributed by atoms with Gasteiger partial charge in [-0.1, -0.05) is 37.8 Å². The summed E-state index contributed by atoms with van der Waals surface area (Å²) in [6, 6.07) is 31.6. The Morgan fingerprint density at radius 3 is 1.19 bits per heavy atom. The molecule has 0 atom stereocenters. The predicted molar refractivity (Wildman–Crippen MR) is 268 cm³/mol. The monoisotopic (exact) mass is 869 g/mol. The number of carbonyl (C=O) groups excluding carboxylic acids is 2. The summed E-state index contributed by atoms with van der Waals surface area (Å²) in [5, 5.41) is 17.9. The average molecular weight is 869 g/mol. The number of nitrogens with one attached hydrogen (secondary N) is 4. The van der Waals surface area contributed by atoms with E-state index in [9.17, 15) is 9.59 Å². The number of anilines is 2. The molecule has 2 heterocycles. The molecule has 0 saturated heterocycles. The smallest absolute Gasteiger partial charge is 0.219 e. The number of amides is 2. The Morgan fingerprint density at radius 2 is 0.797 bits per heavy atom. The summed E-state index contributed by atoms with van der Waals surface area (Å²) in [5.74, 6) is 0.336. The maximum absolute atomic E-state index is 12.6. The number of hydrogen-bond donors (Lipinski definition) is 4. The Bertz CT molecular complexity index is 2330. The molecule has 2 amide bonds. The highest BCUT2D eigenvalue weighted by atomic mass is 16.2. The van der Waals surface area contributed by atoms with Crippen molar-refractivity contribution >= 4 is 66.8 Å². The van der Waals surface area contributed by atoms with Gasteiger partial charge in [-0.15, -0.1) is 0 Å². The van der Waals surface area contributed by atoms with Gasteiger partial charge in [0.25, 0.3) is 0 Å². The fourth-order valence-electron chi connectivity index (χ4n) is 8.98. The number of aryl methyl sites for hydroxylation is 2. The van der Waals surface area contributed by atoms with Crippen molar-refractivity contribution in [3.05, 3.63) is 96.1 Å². The number of fused-ring (bicyclic) bond motifs is 4. The van der Waals surface area contributed by atoms with E-state index < -0.39 is 0 Å². The van der Waals surface area contributed by atoms with Crippen molar-refractivity contribution in [1.29, 1.82) is 0 Å². The van der Waals surface area contributed by atoms with Crippen LogP contribution in [0.5, 0.6) is 0 Å². The minimum atomic E-state index is 0.167. The molecule has 4 N–H and O–H groups in total. The zero-order valence-corrected chi connectivity index (χ0v) is 39.8. The Morgan fingerprint density at radius 1 is 0.438 bits per heavy atom. The van der Waals surface area contributed by atoms with E-state index in [1.54, 1.807) is 0 Å². The van der Waals surface area contributed by atoms with Gasteiger partial charge < -0.3 is 31.1 Å². The molecule has 64 heavy (non-hydrogen) atoms. The van der Waals surface area contributed by atoms with Crippen molar-refractivity contribution in [1.82, 2.24) is 21.3 Å². The minimum Gasteiger partial charge on any atom is -0.377 e. The van der Waals surface area contributed by atoms with Crippen LogP contribution in [-0.4, -0.2) is 67.2 Å². The topological polar surface area (TPSA) is 96.5 Å². The summed E-state index contributed by atoms with van der Waals surface area (Å²) in [6.07, 6.45) is 13.7. The van der Waals surface area contributed by atoms with E-state index >= 15 is 0 Å². The first-order valence-electron chi connectivity index (χ1n) is 24.1. The van der Waals surface area contributed by atoms with Crippen molar-refractivity contribution in [3.63, 3.8) is 0 Å². The van der Waals surface area contributed by atoms with Crippen LogP contribution in [-0.2, 0) is 35.8 Å². The standard InChI is InChI=1S/C54H74N8O2/c1-55-39-41-21-23-43-35-44-24-22-42(40-56-2)34-50(44)61(49(43)33-41)31-17-11-13-19-53(63)57-29-15-9-7-8-10-16-30-58-54(64)20-14-12-18-32-62-51-37-47(59(3)4)27-25-45(51)36-46-26-28-48(60(5)6)38-52(46)62/h21-28,33-38,55-56H,7-20,29-32,39-40H2,1-6H3/p+2. The fourth-order valence-corrected chi connectivity index (χ4v) is 8.98. The third-order valence-corrected chi connectivity index (χ3v) is 12.6. The van der Waals surface area contributed by atoms with Gasteiger partial charge in [0.2, 0.25) is 33.9 Å². The lowest BCUT2D eigenvalue weighted by Gasteiger charge is -2.15. The van der Waals surface area contributed by atoms with Crippen molar-refractivity contribution < 1.29 is 18.7 Å². The molecular formula is C54H76N8O2+2. The van der Waals surface area contributed by atoms with Crippen LogP contribution in [0.25, 0.3) is 43.6 Å². The van der Waals surface area contributed by atoms with E-state index in [1.807, 2.05) is 14.1 Å². The van der Waals surface area contributed by atoms with Crippen LogP contribution in [0.2, 0.25) is 0 Å². The SMILES string of the molecule is CNCc1ccc2cc3ccc(CNC)cc3[n+](CCCCCC(=O)NCCCCCCCCNC(=O)CCCCC[n+]3c4cc(N(C)C)ccc4cc4ccc(N(C)C)cc43)c2c1. The van der Waals surface area contributed by atoms with E-state index in [1.165, 1.54) is 66.1 Å². The fraction of sp³-hybridized carbons (Fsp3) is 0.481. The third-order valence-electron chi connectivity index (χ3n) is 12.6. The Labute approximate surface area is 382 Å². The molecule has 2 aromatic heterocycles. The molecule has 6 rings (SSSR count). The van der Waals surface area contributed by atoms with E-state index in [2.05, 4.69) is 153 Å². The summed E-state index contributed by atoms with van der Waals surface area (Å²) >= 11 is 0. The molecule has 0 bridgehead atoms. The zero-order chi connectivity index (χ0) is 45.3. The highest BCUT2D eigenvalue weighted by Gasteiger charge is 2.19. The van der Waals surface area contributed by atoms with Gasteiger partial charge in [0, 0.05) is 137 Å². The molecule has 342 valence electrons. The van der Waals surface area contributed by atoms with Crippen LogP contribution in [0.15, 0.2) is 84.9 Å². The first-order valence-corrected chi connectivity index (χ1v) is 24.1. The van der Waals surface area contributed by atoms with Gasteiger partial charge in [0.15, 0.2) is 0 Å². The lowest BCUT2D eigenvalue weighted by molar-refractivity contribution is -0.646. The van der Waals surface area contributed by atoms with Crippen LogP contribution >= 0.6 is 0 Å². The van der Waals surface area contributed by atoms with Gasteiger partial charge in [-0.25, -0.2) is 0 Å². The molecule has 0 spiro atoms. The molecule has 10 heteroatoms. The number of benzene rings is 4. The highest BCUT2D eigenvalue weighted by molar-refractivity contribution is 5.92. The highest BCUT2D eigenvalue weighted by Crippen LogP contribution is 2.26. The maximum atomic E-state index is 12.6. The number of nitrogens with zero attached hydrogens (tertiary/aromatic N) is 4. The molecule has 10 nitrogen and oxygen atoms in total. The van der Waals surface area contributed by atoms with Crippen LogP contribution < -0.4 is 40.2 Å². The van der Waals surface area contributed by atoms with Crippen molar-refractivity contribution in [3.8, 4) is 0 Å². The molecule has 0 radical (unpaired) electrons. The van der Waals surface area contributed by atoms with Crippen LogP contribution in [0, 0.1) is 0 Å². The second-order valence-electron chi connectivity index (χ2n) is 18.2. The quantitative estimate of drug-likeness (QED) is 0.0235. The lowest BCUT2D eigenvalue weighted by atomic mass is 10.0. The molecular weight excluding hydrogens is 793 g/mol. The van der Waals surface area contributed by atoms with Gasteiger partial charge in [-0.05, 0) is 112 Å². The van der Waals surface area contributed by atoms with Gasteiger partial charge in [0.1, 0.15) is 13.1 Å². The van der Waals surface area contributed by atoms with Crippen molar-refractivity contribution in [2.45, 2.75) is 116 Å². The second-order valence-corrected chi connectivity index (χ2v) is 18.2. The van der Waals surface area contributed by atoms with Crippen LogP contribution in [0.3, 0.4) is 0 Å². The number of hydrogen-bond acceptors (Lipinski definition) is 6. The van der Waals surface area contributed by atoms with Gasteiger partial charge >= 0.3 is 0 Å². The predicted octanol–water partition coefficient (Wildman–Crippen LogP) is 8.84. The van der Waals surface area contributed by atoms with Gasteiger partial charge in [-0.3, -0.25) is 9.59 Å². The summed E-state index contributed by atoms with van der Waals surface area (Å²) in [6.45, 7) is 5.03. The molecule has 0 fully saturated rings. The number of pyridine rings is 2. The lowest BCUT2D eigenvalue weighted by Crippen LogP contribution is -2.36. The van der Waals surface area contributed by atoms with Crippen LogP contribution in [0.4, 0.5) is 11.4 Å². The van der Waals surface area contributed by atoms with Gasteiger partial charge in [0.05, 0.1) is 0 Å². The number of rotatable bonds is 27. The average Bonchev–Trinajstić information content (AvgIpc) is 3.28. The van der Waals surface area contributed by atoms with Crippen LogP contribution in [0.1, 0.15) is 101 Å². The molecule has 0 aliphatic carbocycles. The normalized spacial score (nSPS) is 11.5. The van der Waals surface area contributed by atoms with Crippen molar-refractivity contribution in [2.24, 2.45) is 0 Å². The summed E-state index contributed by atoms with van der Waals surface area (Å²) in [4.78, 5) is 29.6. The summed E-state index contributed by atoms with van der Waals surface area (Å²) < 4.78 is 4.96. The summed E-state index contributed by atoms with van der Waals surface area (Å²) in [5.41, 5.74) is 9.98. The molecule has 0 aliphatic heterocycles. The second kappa shape index (κ2) is 24.7. The van der Waals surface area contributed by atoms with E-state index in [-0.39, 0.29) is 11.8 Å². The first kappa shape index (κ1) is 48.1. The van der Waals surface area contributed by atoms with E-state index in [0.29, 0.717) is 12.8 Å². The number of carbonyl (C=O) groups is 2. The number of aromatic nitrogens is 2. The Balaban J connectivity index is 0.808. The molecule has 4 aromatic carbocycles. The molecule has 0 unspecified atom stereocenters. The first-order chi connectivity index (χ1) is 31.1. The van der Waals surface area contributed by atoms with Gasteiger partial charge in [-0.2, -0.15) is 9.13 Å². The Kier molecular flexibility index (Phi) is 18.6. The summed E-state index contributed by atoms with van der Waals surface area (Å²) in [7, 11) is 12.3. The third kappa shape index (κ3) is 13.6. The van der Waals surface area contributed by atoms with Crippen molar-refractivity contribution in [2.75, 3.05) is 65.2 Å². The maximum Gasteiger partial charge on any atom is 0.219 e. The molecule has 0 saturated carbocycles. The minimum absolute atomic E-state index is 0.167. The zero-order valence-electron chi connectivity index (χ0n) is 39.8.